The van der Waals surface area contributed by atoms with Crippen LogP contribution in [-0.2, 0) is 0 Å². The van der Waals surface area contributed by atoms with Crippen molar-refractivity contribution in [2.24, 2.45) is 0 Å². The average Bonchev–Trinajstić information content (AvgIpc) is 3.58. The predicted molar refractivity (Wildman–Crippen MR) is 123 cm³/mol. The van der Waals surface area contributed by atoms with E-state index in [9.17, 15) is 4.79 Å². The molecule has 1 aliphatic rings. The van der Waals surface area contributed by atoms with Crippen LogP contribution < -0.4 is 5.32 Å². The number of amides is 1. The molecule has 31 heavy (non-hydrogen) atoms. The zero-order valence-electron chi connectivity index (χ0n) is 17.3. The number of rotatable bonds is 7. The molecule has 4 nitrogen and oxygen atoms in total. The van der Waals surface area contributed by atoms with Crippen molar-refractivity contribution in [3.8, 4) is 5.69 Å². The molecule has 1 amide bonds. The second kappa shape index (κ2) is 8.60. The smallest absolute Gasteiger partial charge is 0.254 e. The van der Waals surface area contributed by atoms with Gasteiger partial charge in [0.05, 0.1) is 23.1 Å². The summed E-state index contributed by atoms with van der Waals surface area (Å²) in [6, 6.07) is 30.7. The monoisotopic (exact) mass is 407 g/mol. The van der Waals surface area contributed by atoms with E-state index in [4.69, 9.17) is 0 Å². The molecule has 1 N–H and O–H groups in total. The van der Waals surface area contributed by atoms with E-state index in [2.05, 4.69) is 34.7 Å². The van der Waals surface area contributed by atoms with Crippen LogP contribution in [0.4, 0.5) is 0 Å². The number of nitrogens with one attached hydrogen (secondary N) is 1. The summed E-state index contributed by atoms with van der Waals surface area (Å²) in [6.07, 6.45) is 3.93. The maximum Gasteiger partial charge on any atom is 0.254 e. The Bertz CT molecular complexity index is 1110. The number of carbonyl (C=O) groups is 1. The van der Waals surface area contributed by atoms with Crippen LogP contribution in [0.2, 0.25) is 0 Å². The van der Waals surface area contributed by atoms with Gasteiger partial charge in [-0.3, -0.25) is 4.79 Å². The minimum Gasteiger partial charge on any atom is -0.351 e. The highest BCUT2D eigenvalue weighted by Gasteiger charge is 2.33. The largest absolute Gasteiger partial charge is 0.351 e. The Hall–Kier alpha value is -3.66. The van der Waals surface area contributed by atoms with E-state index in [-0.39, 0.29) is 11.8 Å². The first-order valence-electron chi connectivity index (χ1n) is 10.8. The van der Waals surface area contributed by atoms with Crippen LogP contribution in [0.3, 0.4) is 0 Å². The van der Waals surface area contributed by atoms with E-state index < -0.39 is 0 Å². The van der Waals surface area contributed by atoms with Crippen molar-refractivity contribution in [1.29, 1.82) is 0 Å². The highest BCUT2D eigenvalue weighted by atomic mass is 16.1. The molecular weight excluding hydrogens is 382 g/mol. The lowest BCUT2D eigenvalue weighted by atomic mass is 9.91. The second-order valence-corrected chi connectivity index (χ2v) is 8.05. The Morgan fingerprint density at radius 2 is 1.42 bits per heavy atom. The first kappa shape index (κ1) is 19.3. The van der Waals surface area contributed by atoms with Crippen LogP contribution >= 0.6 is 0 Å². The molecule has 4 heteroatoms. The third-order valence-corrected chi connectivity index (χ3v) is 5.89. The van der Waals surface area contributed by atoms with E-state index >= 15 is 0 Å². The van der Waals surface area contributed by atoms with Crippen molar-refractivity contribution in [3.63, 3.8) is 0 Å². The van der Waals surface area contributed by atoms with Gasteiger partial charge < -0.3 is 5.32 Å². The third kappa shape index (κ3) is 4.15. The summed E-state index contributed by atoms with van der Waals surface area (Å²) in [7, 11) is 0. The standard InChI is InChI=1S/C27H25N3O/c31-27(25-19-29-30(26(25)22-16-17-22)23-14-8-3-9-15-23)28-18-24(20-10-4-1-5-11-20)21-12-6-2-7-13-21/h1-15,19,22,24H,16-18H2,(H,28,31). The summed E-state index contributed by atoms with van der Waals surface area (Å²) < 4.78 is 1.93. The van der Waals surface area contributed by atoms with Gasteiger partial charge in [0.25, 0.3) is 5.91 Å². The zero-order chi connectivity index (χ0) is 21.0. The van der Waals surface area contributed by atoms with Gasteiger partial charge in [-0.05, 0) is 36.1 Å². The normalized spacial score (nSPS) is 13.3. The van der Waals surface area contributed by atoms with Crippen molar-refractivity contribution in [2.45, 2.75) is 24.7 Å². The molecule has 3 aromatic carbocycles. The van der Waals surface area contributed by atoms with Gasteiger partial charge in [-0.25, -0.2) is 4.68 Å². The van der Waals surface area contributed by atoms with Crippen LogP contribution in [0.5, 0.6) is 0 Å². The molecule has 0 saturated heterocycles. The number of benzene rings is 3. The molecule has 1 heterocycles. The molecule has 1 aliphatic carbocycles. The van der Waals surface area contributed by atoms with Gasteiger partial charge in [0.15, 0.2) is 0 Å². The fraction of sp³-hybridized carbons (Fsp3) is 0.185. The number of nitrogens with zero attached hydrogens (tertiary/aromatic N) is 2. The lowest BCUT2D eigenvalue weighted by molar-refractivity contribution is 0.0951. The third-order valence-electron chi connectivity index (χ3n) is 5.89. The van der Waals surface area contributed by atoms with Gasteiger partial charge in [-0.1, -0.05) is 78.9 Å². The fourth-order valence-electron chi connectivity index (χ4n) is 4.15. The maximum atomic E-state index is 13.2. The average molecular weight is 408 g/mol. The molecule has 154 valence electrons. The van der Waals surface area contributed by atoms with E-state index in [1.165, 1.54) is 11.1 Å². The number of hydrogen-bond donors (Lipinski definition) is 1. The van der Waals surface area contributed by atoms with Crippen LogP contribution in [0.1, 0.15) is 51.9 Å². The minimum atomic E-state index is -0.0547. The first-order chi connectivity index (χ1) is 15.3. The van der Waals surface area contributed by atoms with Crippen molar-refractivity contribution >= 4 is 5.91 Å². The molecule has 1 fully saturated rings. The molecule has 5 rings (SSSR count). The molecule has 1 saturated carbocycles. The Balaban J connectivity index is 1.40. The van der Waals surface area contributed by atoms with Gasteiger partial charge in [0, 0.05) is 18.4 Å². The number of carbonyl (C=O) groups excluding carboxylic acids is 1. The van der Waals surface area contributed by atoms with Crippen LogP contribution in [0.15, 0.2) is 97.2 Å². The summed E-state index contributed by atoms with van der Waals surface area (Å²) >= 11 is 0. The first-order valence-corrected chi connectivity index (χ1v) is 10.8. The number of aromatic nitrogens is 2. The van der Waals surface area contributed by atoms with Crippen molar-refractivity contribution < 1.29 is 4.79 Å². The Morgan fingerprint density at radius 3 is 1.97 bits per heavy atom. The molecule has 0 bridgehead atoms. The quantitative estimate of drug-likeness (QED) is 0.451. The van der Waals surface area contributed by atoms with Gasteiger partial charge in [-0.2, -0.15) is 5.10 Å². The van der Waals surface area contributed by atoms with E-state index in [0.717, 1.165) is 24.2 Å². The van der Waals surface area contributed by atoms with Crippen molar-refractivity contribution in [2.75, 3.05) is 6.54 Å². The highest BCUT2D eigenvalue weighted by Crippen LogP contribution is 2.42. The summed E-state index contributed by atoms with van der Waals surface area (Å²) in [5.74, 6) is 0.448. The fourth-order valence-corrected chi connectivity index (χ4v) is 4.15. The van der Waals surface area contributed by atoms with Crippen molar-refractivity contribution in [1.82, 2.24) is 15.1 Å². The summed E-state index contributed by atoms with van der Waals surface area (Å²) in [6.45, 7) is 0.535. The second-order valence-electron chi connectivity index (χ2n) is 8.05. The maximum absolute atomic E-state index is 13.2. The zero-order valence-corrected chi connectivity index (χ0v) is 17.3. The molecule has 0 radical (unpaired) electrons. The molecule has 0 atom stereocenters. The molecule has 1 aromatic heterocycles. The van der Waals surface area contributed by atoms with Crippen LogP contribution in [-0.4, -0.2) is 22.2 Å². The molecule has 4 aromatic rings. The van der Waals surface area contributed by atoms with Crippen LogP contribution in [0, 0.1) is 0 Å². The van der Waals surface area contributed by atoms with E-state index in [0.29, 0.717) is 18.0 Å². The lowest BCUT2D eigenvalue weighted by Gasteiger charge is -2.19. The number of hydrogen-bond acceptors (Lipinski definition) is 2. The molecule has 0 unspecified atom stereocenters. The van der Waals surface area contributed by atoms with Gasteiger partial charge in [0.1, 0.15) is 0 Å². The minimum absolute atomic E-state index is 0.0547. The molecular formula is C27H25N3O. The predicted octanol–water partition coefficient (Wildman–Crippen LogP) is 5.31. The molecule has 0 aliphatic heterocycles. The van der Waals surface area contributed by atoms with Gasteiger partial charge >= 0.3 is 0 Å². The van der Waals surface area contributed by atoms with Crippen molar-refractivity contribution in [3.05, 3.63) is 120 Å². The van der Waals surface area contributed by atoms with Gasteiger partial charge in [-0.15, -0.1) is 0 Å². The summed E-state index contributed by atoms with van der Waals surface area (Å²) in [5.41, 5.74) is 5.09. The highest BCUT2D eigenvalue weighted by molar-refractivity contribution is 5.95. The topological polar surface area (TPSA) is 46.9 Å². The van der Waals surface area contributed by atoms with Crippen LogP contribution in [0.25, 0.3) is 5.69 Å². The molecule has 0 spiro atoms. The lowest BCUT2D eigenvalue weighted by Crippen LogP contribution is -2.29. The van der Waals surface area contributed by atoms with E-state index in [1.54, 1.807) is 6.20 Å². The number of para-hydroxylation sites is 1. The van der Waals surface area contributed by atoms with E-state index in [1.807, 2.05) is 71.4 Å². The summed E-state index contributed by atoms with van der Waals surface area (Å²) in [5, 5.41) is 7.76. The Morgan fingerprint density at radius 1 is 0.871 bits per heavy atom. The SMILES string of the molecule is O=C(NCC(c1ccccc1)c1ccccc1)c1cnn(-c2ccccc2)c1C1CC1. The Kier molecular flexibility index (Phi) is 5.36. The van der Waals surface area contributed by atoms with Gasteiger partial charge in [0.2, 0.25) is 0 Å². The summed E-state index contributed by atoms with van der Waals surface area (Å²) in [4.78, 5) is 13.2. The Labute approximate surface area is 182 Å².